The van der Waals surface area contributed by atoms with Gasteiger partial charge in [-0.1, -0.05) is 0 Å². The summed E-state index contributed by atoms with van der Waals surface area (Å²) >= 11 is 0. The number of carbonyl (C=O) groups excluding carboxylic acids is 1. The number of amides is 2. The molecule has 106 valence electrons. The number of halogens is 3. The summed E-state index contributed by atoms with van der Waals surface area (Å²) in [6.45, 7) is -2.43. The van der Waals surface area contributed by atoms with Gasteiger partial charge in [-0.05, 0) is 0 Å². The number of aliphatic carboxylic acids is 1. The van der Waals surface area contributed by atoms with Crippen molar-refractivity contribution >= 4 is 12.0 Å². The smallest absolute Gasteiger partial charge is 0.411 e. The Morgan fingerprint density at radius 1 is 1.28 bits per heavy atom. The zero-order valence-corrected chi connectivity index (χ0v) is 9.16. The number of urea groups is 1. The third-order valence-corrected chi connectivity index (χ3v) is 1.54. The van der Waals surface area contributed by atoms with Gasteiger partial charge in [-0.3, -0.25) is 0 Å². The van der Waals surface area contributed by atoms with Crippen molar-refractivity contribution in [2.75, 3.05) is 26.3 Å². The predicted octanol–water partition coefficient (Wildman–Crippen LogP) is -0.690. The Labute approximate surface area is 99.9 Å². The van der Waals surface area contributed by atoms with E-state index in [4.69, 9.17) is 10.2 Å². The van der Waals surface area contributed by atoms with Gasteiger partial charge in [-0.25, -0.2) is 9.59 Å². The maximum Gasteiger partial charge on any atom is 0.411 e. The minimum atomic E-state index is -4.42. The summed E-state index contributed by atoms with van der Waals surface area (Å²) in [6.07, 6.45) is -6.16. The molecule has 1 atom stereocenters. The van der Waals surface area contributed by atoms with Gasteiger partial charge >= 0.3 is 18.2 Å². The average molecular weight is 274 g/mol. The van der Waals surface area contributed by atoms with Gasteiger partial charge in [-0.15, -0.1) is 0 Å². The second kappa shape index (κ2) is 7.71. The summed E-state index contributed by atoms with van der Waals surface area (Å²) in [7, 11) is 0. The lowest BCUT2D eigenvalue weighted by molar-refractivity contribution is -0.173. The molecule has 4 N–H and O–H groups in total. The first-order valence-electron chi connectivity index (χ1n) is 4.79. The van der Waals surface area contributed by atoms with Crippen molar-refractivity contribution in [2.24, 2.45) is 0 Å². The molecule has 0 aliphatic carbocycles. The summed E-state index contributed by atoms with van der Waals surface area (Å²) < 4.78 is 39.1. The van der Waals surface area contributed by atoms with Gasteiger partial charge in [0.25, 0.3) is 0 Å². The third kappa shape index (κ3) is 9.66. The molecular weight excluding hydrogens is 261 g/mol. The summed E-state index contributed by atoms with van der Waals surface area (Å²) in [5, 5.41) is 21.2. The Morgan fingerprint density at radius 2 is 1.89 bits per heavy atom. The van der Waals surface area contributed by atoms with Gasteiger partial charge in [0.1, 0.15) is 6.61 Å². The third-order valence-electron chi connectivity index (χ3n) is 1.54. The van der Waals surface area contributed by atoms with Crippen molar-refractivity contribution in [1.29, 1.82) is 0 Å². The molecule has 0 saturated carbocycles. The fourth-order valence-corrected chi connectivity index (χ4v) is 0.764. The van der Waals surface area contributed by atoms with Crippen molar-refractivity contribution in [2.45, 2.75) is 12.3 Å². The van der Waals surface area contributed by atoms with Crippen LogP contribution in [0, 0.1) is 0 Å². The molecule has 0 aromatic carbocycles. The topological polar surface area (TPSA) is 108 Å². The number of aliphatic hydroxyl groups excluding tert-OH is 1. The van der Waals surface area contributed by atoms with Gasteiger partial charge in [0.15, 0.2) is 6.10 Å². The summed E-state index contributed by atoms with van der Waals surface area (Å²) in [6, 6.07) is -0.814. The molecule has 0 fully saturated rings. The van der Waals surface area contributed by atoms with Gasteiger partial charge in [0.2, 0.25) is 0 Å². The van der Waals surface area contributed by atoms with Gasteiger partial charge in [0.05, 0.1) is 13.2 Å². The maximum atomic E-state index is 11.6. The lowest BCUT2D eigenvalue weighted by atomic mass is 10.4. The largest absolute Gasteiger partial charge is 0.479 e. The lowest BCUT2D eigenvalue weighted by Crippen LogP contribution is -2.43. The van der Waals surface area contributed by atoms with Crippen LogP contribution in [0.1, 0.15) is 0 Å². The number of hydrogen-bond acceptors (Lipinski definition) is 4. The maximum absolute atomic E-state index is 11.6. The number of alkyl halides is 3. The minimum Gasteiger partial charge on any atom is -0.479 e. The summed E-state index contributed by atoms with van der Waals surface area (Å²) in [4.78, 5) is 21.1. The van der Waals surface area contributed by atoms with Crippen LogP contribution in [0.2, 0.25) is 0 Å². The van der Waals surface area contributed by atoms with Crippen molar-refractivity contribution in [3.8, 4) is 0 Å². The highest BCUT2D eigenvalue weighted by atomic mass is 19.4. The molecule has 0 radical (unpaired) electrons. The number of aliphatic hydroxyl groups is 1. The number of carboxylic acid groups (broad SMARTS) is 1. The number of ether oxygens (including phenoxy) is 1. The van der Waals surface area contributed by atoms with Crippen molar-refractivity contribution in [3.63, 3.8) is 0 Å². The highest BCUT2D eigenvalue weighted by Gasteiger charge is 2.27. The van der Waals surface area contributed by atoms with Crippen LogP contribution in [-0.4, -0.2) is 60.8 Å². The van der Waals surface area contributed by atoms with E-state index in [1.807, 2.05) is 5.32 Å². The van der Waals surface area contributed by atoms with Crippen LogP contribution in [0.25, 0.3) is 0 Å². The van der Waals surface area contributed by atoms with E-state index in [1.165, 1.54) is 0 Å². The number of rotatable bonds is 7. The van der Waals surface area contributed by atoms with Crippen LogP contribution >= 0.6 is 0 Å². The number of carbonyl (C=O) groups is 2. The van der Waals surface area contributed by atoms with E-state index in [-0.39, 0.29) is 13.2 Å². The fraction of sp³-hybridized carbons (Fsp3) is 0.750. The van der Waals surface area contributed by atoms with Crippen LogP contribution in [0.3, 0.4) is 0 Å². The molecule has 0 bridgehead atoms. The molecule has 0 aliphatic heterocycles. The Kier molecular flexibility index (Phi) is 7.05. The molecule has 18 heavy (non-hydrogen) atoms. The molecule has 7 nitrogen and oxygen atoms in total. The lowest BCUT2D eigenvalue weighted by Gasteiger charge is -2.10. The van der Waals surface area contributed by atoms with Gasteiger partial charge in [-0.2, -0.15) is 13.2 Å². The van der Waals surface area contributed by atoms with Crippen LogP contribution in [0.5, 0.6) is 0 Å². The fourth-order valence-electron chi connectivity index (χ4n) is 0.764. The second-order valence-electron chi connectivity index (χ2n) is 3.16. The molecule has 2 amide bonds. The molecule has 10 heteroatoms. The molecule has 0 aromatic rings. The molecule has 0 heterocycles. The molecule has 0 unspecified atom stereocenters. The van der Waals surface area contributed by atoms with Gasteiger partial charge in [0, 0.05) is 6.54 Å². The van der Waals surface area contributed by atoms with Gasteiger partial charge < -0.3 is 25.6 Å². The van der Waals surface area contributed by atoms with Crippen LogP contribution < -0.4 is 10.6 Å². The molecular formula is C8H13F3N2O5. The van der Waals surface area contributed by atoms with Crippen molar-refractivity contribution in [3.05, 3.63) is 0 Å². The molecule has 0 rings (SSSR count). The summed E-state index contributed by atoms with van der Waals surface area (Å²) in [5.41, 5.74) is 0. The van der Waals surface area contributed by atoms with E-state index in [0.29, 0.717) is 0 Å². The van der Waals surface area contributed by atoms with E-state index < -0.39 is 37.4 Å². The minimum absolute atomic E-state index is 0.176. The van der Waals surface area contributed by atoms with Crippen LogP contribution in [0.15, 0.2) is 0 Å². The average Bonchev–Trinajstić information content (AvgIpc) is 2.23. The second-order valence-corrected chi connectivity index (χ2v) is 3.16. The summed E-state index contributed by atoms with van der Waals surface area (Å²) in [5.74, 6) is -1.50. The monoisotopic (exact) mass is 274 g/mol. The van der Waals surface area contributed by atoms with Crippen molar-refractivity contribution in [1.82, 2.24) is 10.6 Å². The molecule has 0 spiro atoms. The Balaban J connectivity index is 3.52. The molecule has 0 aromatic heterocycles. The Hall–Kier alpha value is -1.55. The van der Waals surface area contributed by atoms with Crippen LogP contribution in [-0.2, 0) is 9.53 Å². The highest BCUT2D eigenvalue weighted by Crippen LogP contribution is 2.13. The SMILES string of the molecule is O=C(NCCOCC(F)(F)F)NC[C@H](O)C(=O)O. The van der Waals surface area contributed by atoms with E-state index >= 15 is 0 Å². The zero-order valence-electron chi connectivity index (χ0n) is 9.16. The molecule has 0 aliphatic rings. The number of carboxylic acids is 1. The van der Waals surface area contributed by atoms with E-state index in [2.05, 4.69) is 10.1 Å². The zero-order chi connectivity index (χ0) is 14.2. The first kappa shape index (κ1) is 16.4. The Morgan fingerprint density at radius 3 is 2.39 bits per heavy atom. The highest BCUT2D eigenvalue weighted by molar-refractivity contribution is 5.76. The Bertz CT molecular complexity index is 284. The predicted molar refractivity (Wildman–Crippen MR) is 51.9 cm³/mol. The first-order chi connectivity index (χ1) is 8.22. The van der Waals surface area contributed by atoms with E-state index in [9.17, 15) is 22.8 Å². The standard InChI is InChI=1S/C8H13F3N2O5/c9-8(10,11)4-18-2-1-12-7(17)13-3-5(14)6(15)16/h5,14H,1-4H2,(H,15,16)(H2,12,13,17)/t5-/m0/s1. The van der Waals surface area contributed by atoms with E-state index in [1.54, 1.807) is 0 Å². The quantitative estimate of drug-likeness (QED) is 0.460. The number of hydrogen-bond donors (Lipinski definition) is 4. The van der Waals surface area contributed by atoms with E-state index in [0.717, 1.165) is 0 Å². The molecule has 0 saturated heterocycles. The van der Waals surface area contributed by atoms with Crippen molar-refractivity contribution < 1.29 is 37.7 Å². The number of nitrogens with one attached hydrogen (secondary N) is 2. The normalized spacial score (nSPS) is 12.9. The van der Waals surface area contributed by atoms with Crippen LogP contribution in [0.4, 0.5) is 18.0 Å². The first-order valence-corrected chi connectivity index (χ1v) is 4.79.